The molecule has 0 saturated heterocycles. The number of aliphatic hydroxyl groups is 1. The van der Waals surface area contributed by atoms with Gasteiger partial charge in [-0.1, -0.05) is 18.2 Å². The van der Waals surface area contributed by atoms with Crippen molar-refractivity contribution >= 4 is 11.9 Å². The Labute approximate surface area is 99.1 Å². The van der Waals surface area contributed by atoms with E-state index in [9.17, 15) is 9.59 Å². The van der Waals surface area contributed by atoms with E-state index >= 15 is 0 Å². The fourth-order valence-corrected chi connectivity index (χ4v) is 1.59. The smallest absolute Gasteiger partial charge is 0.328 e. The summed E-state index contributed by atoms with van der Waals surface area (Å²) in [4.78, 5) is 22.6. The van der Waals surface area contributed by atoms with E-state index in [-0.39, 0.29) is 0 Å². The zero-order valence-corrected chi connectivity index (χ0v) is 9.73. The van der Waals surface area contributed by atoms with Crippen LogP contribution in [0.15, 0.2) is 18.2 Å². The Morgan fingerprint density at radius 2 is 1.82 bits per heavy atom. The lowest BCUT2D eigenvalue weighted by Gasteiger charge is -2.14. The normalized spacial score (nSPS) is 11.9. The maximum Gasteiger partial charge on any atom is 0.328 e. The largest absolute Gasteiger partial charge is 0.480 e. The van der Waals surface area contributed by atoms with E-state index in [1.807, 2.05) is 6.07 Å². The summed E-state index contributed by atoms with van der Waals surface area (Å²) < 4.78 is 0. The van der Waals surface area contributed by atoms with Crippen molar-refractivity contribution in [1.29, 1.82) is 0 Å². The number of amides is 1. The molecule has 0 fully saturated rings. The molecule has 1 rings (SSSR count). The van der Waals surface area contributed by atoms with Gasteiger partial charge in [0.15, 0.2) is 6.04 Å². The van der Waals surface area contributed by atoms with Crippen LogP contribution in [0.3, 0.4) is 0 Å². The second-order valence-corrected chi connectivity index (χ2v) is 3.81. The Balaban J connectivity index is 2.94. The van der Waals surface area contributed by atoms with Crippen LogP contribution in [0.1, 0.15) is 21.5 Å². The number of aryl methyl sites for hydroxylation is 2. The summed E-state index contributed by atoms with van der Waals surface area (Å²) in [5, 5.41) is 19.8. The van der Waals surface area contributed by atoms with Crippen molar-refractivity contribution in [2.75, 3.05) is 6.61 Å². The Hall–Kier alpha value is -1.88. The first-order valence-corrected chi connectivity index (χ1v) is 5.18. The van der Waals surface area contributed by atoms with Crippen LogP contribution >= 0.6 is 0 Å². The molecule has 0 saturated carbocycles. The minimum absolute atomic E-state index is 0.451. The first-order chi connectivity index (χ1) is 7.97. The molecule has 0 bridgehead atoms. The van der Waals surface area contributed by atoms with Crippen LogP contribution in [0.4, 0.5) is 0 Å². The molecule has 0 aliphatic carbocycles. The number of benzene rings is 1. The summed E-state index contributed by atoms with van der Waals surface area (Å²) in [6, 6.07) is 4.09. The molecule has 0 heterocycles. The van der Waals surface area contributed by atoms with Gasteiger partial charge in [0.25, 0.3) is 5.91 Å². The summed E-state index contributed by atoms with van der Waals surface area (Å²) >= 11 is 0. The van der Waals surface area contributed by atoms with E-state index in [0.717, 1.165) is 11.1 Å². The number of rotatable bonds is 4. The third-order valence-corrected chi connectivity index (χ3v) is 2.49. The lowest BCUT2D eigenvalue weighted by molar-refractivity contribution is -0.140. The lowest BCUT2D eigenvalue weighted by atomic mass is 10.0. The fourth-order valence-electron chi connectivity index (χ4n) is 1.59. The molecule has 0 aromatic heterocycles. The van der Waals surface area contributed by atoms with Gasteiger partial charge < -0.3 is 15.5 Å². The summed E-state index contributed by atoms with van der Waals surface area (Å²) in [5.41, 5.74) is 1.99. The molecule has 0 aliphatic heterocycles. The second-order valence-electron chi connectivity index (χ2n) is 3.81. The monoisotopic (exact) mass is 237 g/mol. The summed E-state index contributed by atoms with van der Waals surface area (Å²) in [5.74, 6) is -1.74. The number of carbonyl (C=O) groups is 2. The molecule has 1 aromatic carbocycles. The highest BCUT2D eigenvalue weighted by Crippen LogP contribution is 2.13. The van der Waals surface area contributed by atoms with Crippen molar-refractivity contribution in [2.45, 2.75) is 19.9 Å². The number of hydrogen-bond acceptors (Lipinski definition) is 3. The molecule has 0 aliphatic rings. The topological polar surface area (TPSA) is 86.6 Å². The van der Waals surface area contributed by atoms with Gasteiger partial charge in [0, 0.05) is 5.56 Å². The van der Waals surface area contributed by atoms with Crippen LogP contribution in [0.2, 0.25) is 0 Å². The summed E-state index contributed by atoms with van der Waals surface area (Å²) in [7, 11) is 0. The highest BCUT2D eigenvalue weighted by atomic mass is 16.4. The third-order valence-electron chi connectivity index (χ3n) is 2.49. The Morgan fingerprint density at radius 1 is 1.29 bits per heavy atom. The highest BCUT2D eigenvalue weighted by molar-refractivity contribution is 5.99. The SMILES string of the molecule is Cc1cccc(C)c1C(=O)NC(CO)C(=O)O. The van der Waals surface area contributed by atoms with Crippen molar-refractivity contribution in [3.63, 3.8) is 0 Å². The number of aliphatic hydroxyl groups excluding tert-OH is 1. The van der Waals surface area contributed by atoms with Crippen LogP contribution in [-0.2, 0) is 4.79 Å². The third kappa shape index (κ3) is 3.04. The van der Waals surface area contributed by atoms with Gasteiger partial charge in [-0.3, -0.25) is 4.79 Å². The molecule has 0 radical (unpaired) electrons. The molecule has 3 N–H and O–H groups in total. The quantitative estimate of drug-likeness (QED) is 0.710. The lowest BCUT2D eigenvalue weighted by Crippen LogP contribution is -2.43. The molecular weight excluding hydrogens is 222 g/mol. The maximum absolute atomic E-state index is 11.9. The molecule has 92 valence electrons. The van der Waals surface area contributed by atoms with Gasteiger partial charge in [-0.25, -0.2) is 4.79 Å². The van der Waals surface area contributed by atoms with Crippen LogP contribution in [0.5, 0.6) is 0 Å². The van der Waals surface area contributed by atoms with E-state index in [2.05, 4.69) is 5.32 Å². The minimum atomic E-state index is -1.28. The Morgan fingerprint density at radius 3 is 2.24 bits per heavy atom. The van der Waals surface area contributed by atoms with E-state index < -0.39 is 24.5 Å². The van der Waals surface area contributed by atoms with E-state index in [1.165, 1.54) is 0 Å². The second kappa shape index (κ2) is 5.45. The Kier molecular flexibility index (Phi) is 4.23. The van der Waals surface area contributed by atoms with Crippen LogP contribution in [-0.4, -0.2) is 34.7 Å². The van der Waals surface area contributed by atoms with Gasteiger partial charge >= 0.3 is 5.97 Å². The standard InChI is InChI=1S/C12H15NO4/c1-7-4-3-5-8(2)10(7)11(15)13-9(6-14)12(16)17/h3-5,9,14H,6H2,1-2H3,(H,13,15)(H,16,17). The van der Waals surface area contributed by atoms with Gasteiger partial charge in [-0.2, -0.15) is 0 Å². The van der Waals surface area contributed by atoms with Crippen molar-refractivity contribution in [2.24, 2.45) is 0 Å². The van der Waals surface area contributed by atoms with E-state index in [4.69, 9.17) is 10.2 Å². The van der Waals surface area contributed by atoms with Crippen molar-refractivity contribution in [3.05, 3.63) is 34.9 Å². The number of carboxylic acid groups (broad SMARTS) is 1. The number of carboxylic acids is 1. The molecule has 1 atom stereocenters. The molecular formula is C12H15NO4. The van der Waals surface area contributed by atoms with Crippen molar-refractivity contribution < 1.29 is 19.8 Å². The Bertz CT molecular complexity index is 422. The van der Waals surface area contributed by atoms with Crippen molar-refractivity contribution in [1.82, 2.24) is 5.32 Å². The zero-order chi connectivity index (χ0) is 13.0. The van der Waals surface area contributed by atoms with Gasteiger partial charge in [-0.05, 0) is 25.0 Å². The molecule has 1 unspecified atom stereocenters. The van der Waals surface area contributed by atoms with Gasteiger partial charge in [-0.15, -0.1) is 0 Å². The average molecular weight is 237 g/mol. The van der Waals surface area contributed by atoms with Gasteiger partial charge in [0.05, 0.1) is 6.61 Å². The van der Waals surface area contributed by atoms with Crippen molar-refractivity contribution in [3.8, 4) is 0 Å². The number of nitrogens with one attached hydrogen (secondary N) is 1. The van der Waals surface area contributed by atoms with Crippen LogP contribution in [0, 0.1) is 13.8 Å². The van der Waals surface area contributed by atoms with Crippen LogP contribution < -0.4 is 5.32 Å². The van der Waals surface area contributed by atoms with Gasteiger partial charge in [0.2, 0.25) is 0 Å². The summed E-state index contributed by atoms with van der Waals surface area (Å²) in [6.07, 6.45) is 0. The van der Waals surface area contributed by atoms with E-state index in [1.54, 1.807) is 26.0 Å². The van der Waals surface area contributed by atoms with Crippen LogP contribution in [0.25, 0.3) is 0 Å². The number of aliphatic carboxylic acids is 1. The number of carbonyl (C=O) groups excluding carboxylic acids is 1. The first kappa shape index (κ1) is 13.2. The highest BCUT2D eigenvalue weighted by Gasteiger charge is 2.21. The fraction of sp³-hybridized carbons (Fsp3) is 0.333. The zero-order valence-electron chi connectivity index (χ0n) is 9.73. The van der Waals surface area contributed by atoms with E-state index in [0.29, 0.717) is 5.56 Å². The molecule has 0 spiro atoms. The predicted octanol–water partition coefficient (Wildman–Crippen LogP) is 0.479. The van der Waals surface area contributed by atoms with Gasteiger partial charge in [0.1, 0.15) is 0 Å². The molecule has 1 amide bonds. The molecule has 17 heavy (non-hydrogen) atoms. The molecule has 5 nitrogen and oxygen atoms in total. The maximum atomic E-state index is 11.9. The summed E-state index contributed by atoms with van der Waals surface area (Å²) in [6.45, 7) is 2.92. The minimum Gasteiger partial charge on any atom is -0.480 e. The number of hydrogen-bond donors (Lipinski definition) is 3. The molecule has 1 aromatic rings. The molecule has 5 heteroatoms. The average Bonchev–Trinajstić information content (AvgIpc) is 2.25. The first-order valence-electron chi connectivity index (χ1n) is 5.18. The predicted molar refractivity (Wildman–Crippen MR) is 61.9 cm³/mol.